The molecule has 11 heteroatoms. The molecule has 236 valence electrons. The Kier molecular flexibility index (Phi) is 6.98. The number of aromatic nitrogens is 2. The normalized spacial score (nSPS) is 28.0. The van der Waals surface area contributed by atoms with E-state index in [0.717, 1.165) is 32.2 Å². The lowest BCUT2D eigenvalue weighted by molar-refractivity contribution is 0.107. The third-order valence-electron chi connectivity index (χ3n) is 10.4. The van der Waals surface area contributed by atoms with Crippen LogP contribution in [0.2, 0.25) is 0 Å². The van der Waals surface area contributed by atoms with Gasteiger partial charge in [0.1, 0.15) is 35.7 Å². The number of anilines is 1. The molecule has 0 aliphatic carbocycles. The molecule has 7 nitrogen and oxygen atoms in total. The van der Waals surface area contributed by atoms with Crippen molar-refractivity contribution in [2.24, 2.45) is 0 Å². The Bertz CT molecular complexity index is 1860. The zero-order chi connectivity index (χ0) is 31.0. The molecule has 0 amide bonds. The molecule has 0 spiro atoms. The minimum atomic E-state index is -0.915. The zero-order valence-corrected chi connectivity index (χ0v) is 25.9. The summed E-state index contributed by atoms with van der Waals surface area (Å²) in [6.45, 7) is 4.32. The number of ether oxygens (including phenoxy) is 1. The molecule has 2 bridgehead atoms. The van der Waals surface area contributed by atoms with Gasteiger partial charge in [0, 0.05) is 47.8 Å². The predicted molar refractivity (Wildman–Crippen MR) is 169 cm³/mol. The van der Waals surface area contributed by atoms with Gasteiger partial charge in [-0.3, -0.25) is 9.11 Å². The van der Waals surface area contributed by atoms with E-state index in [9.17, 15) is 18.1 Å². The van der Waals surface area contributed by atoms with Crippen LogP contribution in [-0.4, -0.2) is 79.2 Å². The van der Waals surface area contributed by atoms with Gasteiger partial charge < -0.3 is 14.7 Å². The van der Waals surface area contributed by atoms with E-state index in [0.29, 0.717) is 65.6 Å². The Morgan fingerprint density at radius 2 is 1.87 bits per heavy atom. The van der Waals surface area contributed by atoms with Crippen LogP contribution in [-0.2, 0) is 17.2 Å². The summed E-state index contributed by atoms with van der Waals surface area (Å²) >= 11 is 0. The molecule has 4 aliphatic heterocycles. The Balaban J connectivity index is 1.27. The first-order valence-electron chi connectivity index (χ1n) is 15.9. The van der Waals surface area contributed by atoms with Gasteiger partial charge in [-0.05, 0) is 84.8 Å². The second kappa shape index (κ2) is 10.8. The number of fused-ring (bicyclic) bond motifs is 5. The lowest BCUT2D eigenvalue weighted by Gasteiger charge is -2.33. The van der Waals surface area contributed by atoms with Gasteiger partial charge in [0.05, 0.1) is 16.0 Å². The van der Waals surface area contributed by atoms with E-state index in [1.54, 1.807) is 24.3 Å². The Labute approximate surface area is 261 Å². The van der Waals surface area contributed by atoms with Gasteiger partial charge in [-0.2, -0.15) is 9.97 Å². The molecule has 4 aromatic rings. The Hall–Kier alpha value is -3.44. The van der Waals surface area contributed by atoms with Crippen LogP contribution in [0.15, 0.2) is 36.4 Å². The fraction of sp³-hybridized carbons (Fsp3) is 0.471. The number of phenolic OH excluding ortho intramolecular Hbond substituents is 1. The average Bonchev–Trinajstić information content (AvgIpc) is 3.60. The minimum Gasteiger partial charge on any atom is -0.508 e. The van der Waals surface area contributed by atoms with Crippen LogP contribution in [0.5, 0.6) is 11.8 Å². The van der Waals surface area contributed by atoms with E-state index >= 15 is 4.39 Å². The lowest BCUT2D eigenvalue weighted by Crippen LogP contribution is -2.45. The maximum absolute atomic E-state index is 16.9. The summed E-state index contributed by atoms with van der Waals surface area (Å²) in [5.41, 5.74) is 0.605. The van der Waals surface area contributed by atoms with Crippen LogP contribution in [0.4, 0.5) is 19.0 Å². The molecule has 4 fully saturated rings. The third kappa shape index (κ3) is 4.68. The number of hydrogen-bond donors (Lipinski definition) is 1. The molecule has 4 atom stereocenters. The Morgan fingerprint density at radius 1 is 1.07 bits per heavy atom. The number of halogens is 3. The fourth-order valence-corrected chi connectivity index (χ4v) is 10.2. The molecule has 4 aliphatic rings. The highest BCUT2D eigenvalue weighted by molar-refractivity contribution is 7.86. The van der Waals surface area contributed by atoms with Crippen LogP contribution in [0, 0.1) is 11.6 Å². The molecule has 0 saturated carbocycles. The highest BCUT2D eigenvalue weighted by atomic mass is 32.2. The van der Waals surface area contributed by atoms with Gasteiger partial charge in [0.15, 0.2) is 5.82 Å². The highest BCUT2D eigenvalue weighted by Gasteiger charge is 2.49. The first-order chi connectivity index (χ1) is 21.7. The van der Waals surface area contributed by atoms with Gasteiger partial charge in [0.25, 0.3) is 0 Å². The van der Waals surface area contributed by atoms with Crippen molar-refractivity contribution in [2.45, 2.75) is 67.7 Å². The van der Waals surface area contributed by atoms with E-state index in [2.05, 4.69) is 14.8 Å². The quantitative estimate of drug-likeness (QED) is 0.276. The fourth-order valence-electron chi connectivity index (χ4n) is 8.29. The summed E-state index contributed by atoms with van der Waals surface area (Å²) in [6, 6.07) is 9.38. The Morgan fingerprint density at radius 3 is 2.64 bits per heavy atom. The van der Waals surface area contributed by atoms with Gasteiger partial charge in [0.2, 0.25) is 0 Å². The number of aryl methyl sites for hydroxylation is 1. The van der Waals surface area contributed by atoms with Crippen molar-refractivity contribution in [3.05, 3.63) is 53.6 Å². The van der Waals surface area contributed by atoms with Crippen LogP contribution in [0.3, 0.4) is 0 Å². The lowest BCUT2D eigenvalue weighted by atomic mass is 9.92. The predicted octanol–water partition coefficient (Wildman–Crippen LogP) is 6.05. The number of alkyl halides is 1. The van der Waals surface area contributed by atoms with Crippen molar-refractivity contribution in [2.75, 3.05) is 37.7 Å². The van der Waals surface area contributed by atoms with E-state index in [1.165, 1.54) is 12.1 Å². The van der Waals surface area contributed by atoms with E-state index in [4.69, 9.17) is 9.72 Å². The summed E-state index contributed by atoms with van der Waals surface area (Å²) < 4.78 is 65.4. The number of benzene rings is 3. The van der Waals surface area contributed by atoms with Crippen molar-refractivity contribution < 1.29 is 27.2 Å². The molecule has 4 saturated heterocycles. The topological polar surface area (TPSA) is 78.8 Å². The number of aromatic hydroxyl groups is 1. The molecule has 45 heavy (non-hydrogen) atoms. The number of hydrogen-bond acceptors (Lipinski definition) is 7. The van der Waals surface area contributed by atoms with Crippen molar-refractivity contribution >= 4 is 38.3 Å². The molecule has 2 unspecified atom stereocenters. The maximum Gasteiger partial charge on any atom is 0.319 e. The van der Waals surface area contributed by atoms with Gasteiger partial charge in [-0.15, -0.1) is 0 Å². The first-order valence-corrected chi connectivity index (χ1v) is 17.1. The molecular weight excluding hydrogens is 601 g/mol. The maximum atomic E-state index is 16.9. The van der Waals surface area contributed by atoms with E-state index in [1.807, 2.05) is 6.92 Å². The van der Waals surface area contributed by atoms with Crippen LogP contribution < -0.4 is 9.64 Å². The van der Waals surface area contributed by atoms with Crippen molar-refractivity contribution in [3.63, 3.8) is 0 Å². The molecule has 0 radical (unpaired) electrons. The monoisotopic (exact) mass is 636 g/mol. The molecule has 1 N–H and O–H groups in total. The number of rotatable bonds is 6. The van der Waals surface area contributed by atoms with Crippen LogP contribution >= 0.6 is 0 Å². The van der Waals surface area contributed by atoms with Crippen LogP contribution in [0.25, 0.3) is 32.8 Å². The van der Waals surface area contributed by atoms with E-state index < -0.39 is 34.1 Å². The van der Waals surface area contributed by atoms with Crippen molar-refractivity contribution in [1.29, 1.82) is 0 Å². The van der Waals surface area contributed by atoms with Crippen molar-refractivity contribution in [1.82, 2.24) is 14.9 Å². The van der Waals surface area contributed by atoms with Crippen molar-refractivity contribution in [3.8, 4) is 22.9 Å². The summed E-state index contributed by atoms with van der Waals surface area (Å²) in [7, 11) is -0.904. The first kappa shape index (κ1) is 29.0. The standard InChI is InChI=1S/C34H35F3N4O3S/c1-2-24-28(36)9-4-19-12-21(42)13-27(29(19)24)25-7-8-26-31(30(25)37)38-33(44-18-34-10-3-11-41(34)15-20(35)14-34)39-32(26)40-16-22-5-6-23(17-40)45(22)43/h4,7-9,12-13,20,22-23,42H,2-3,5-6,10-11,14-18H2,1H3/t20-,22?,23?,34+,45?/m1/s1. The molecule has 3 aromatic carbocycles. The smallest absolute Gasteiger partial charge is 0.319 e. The van der Waals surface area contributed by atoms with E-state index in [-0.39, 0.29) is 39.9 Å². The number of nitrogens with zero attached hydrogens (tertiary/aromatic N) is 4. The number of phenols is 1. The molecule has 1 aromatic heterocycles. The van der Waals surface area contributed by atoms with Crippen LogP contribution in [0.1, 0.15) is 44.6 Å². The third-order valence-corrected chi connectivity index (χ3v) is 12.5. The molecule has 5 heterocycles. The summed E-state index contributed by atoms with van der Waals surface area (Å²) in [5, 5.41) is 12.3. The van der Waals surface area contributed by atoms with Gasteiger partial charge >= 0.3 is 6.01 Å². The second-order valence-electron chi connectivity index (χ2n) is 13.0. The van der Waals surface area contributed by atoms with Gasteiger partial charge in [-0.1, -0.05) is 19.1 Å². The SMILES string of the molecule is CCc1c(F)ccc2cc(O)cc(-c3ccc4c(N5CC6CCC(C5)S6=O)nc(OC[C@@]56CCCN5C[C@H](F)C6)nc4c3F)c12. The summed E-state index contributed by atoms with van der Waals surface area (Å²) in [4.78, 5) is 13.6. The summed E-state index contributed by atoms with van der Waals surface area (Å²) in [6.07, 6.45) is 3.39. The highest BCUT2D eigenvalue weighted by Crippen LogP contribution is 2.43. The average molecular weight is 637 g/mol. The minimum absolute atomic E-state index is 0.0113. The second-order valence-corrected chi connectivity index (χ2v) is 15.0. The summed E-state index contributed by atoms with van der Waals surface area (Å²) in [5.74, 6) is -0.560. The molecule has 8 rings (SSSR count). The largest absolute Gasteiger partial charge is 0.508 e. The van der Waals surface area contributed by atoms with Gasteiger partial charge in [-0.25, -0.2) is 13.2 Å². The molecular formula is C34H35F3N4O3S. The zero-order valence-electron chi connectivity index (χ0n) is 25.1.